The Hall–Kier alpha value is -2.70. The second kappa shape index (κ2) is 4.69. The van der Waals surface area contributed by atoms with Crippen LogP contribution in [0.3, 0.4) is 0 Å². The normalized spacial score (nSPS) is 11.8. The number of fused-ring (bicyclic) bond motifs is 1. The molecular weight excluding hydrogens is 268 g/mol. The SMILES string of the molecule is CC(C)(C)c1nc(C(=O)Nc2ccc3cn[nH]c3c2)n[nH]1. The van der Waals surface area contributed by atoms with E-state index in [2.05, 4.69) is 30.7 Å². The van der Waals surface area contributed by atoms with Crippen molar-refractivity contribution in [3.05, 3.63) is 36.0 Å². The van der Waals surface area contributed by atoms with Gasteiger partial charge in [-0.25, -0.2) is 4.98 Å². The minimum absolute atomic E-state index is 0.129. The van der Waals surface area contributed by atoms with Crippen molar-refractivity contribution in [2.45, 2.75) is 26.2 Å². The number of hydrogen-bond acceptors (Lipinski definition) is 4. The van der Waals surface area contributed by atoms with E-state index in [9.17, 15) is 4.79 Å². The molecule has 0 aliphatic rings. The second-order valence-electron chi connectivity index (χ2n) is 5.88. The Kier molecular flexibility index (Phi) is 2.97. The standard InChI is InChI=1S/C14H16N6O/c1-14(2,3)13-17-11(19-20-13)12(21)16-9-5-4-8-7-15-18-10(8)6-9/h4-7H,1-3H3,(H,15,18)(H,16,21)(H,17,19,20). The van der Waals surface area contributed by atoms with Gasteiger partial charge in [-0.3, -0.25) is 15.0 Å². The van der Waals surface area contributed by atoms with Crippen LogP contribution in [0.4, 0.5) is 5.69 Å². The van der Waals surface area contributed by atoms with Crippen molar-refractivity contribution < 1.29 is 4.79 Å². The number of anilines is 1. The lowest BCUT2D eigenvalue weighted by Crippen LogP contribution is -2.16. The van der Waals surface area contributed by atoms with Gasteiger partial charge in [-0.15, -0.1) is 5.10 Å². The van der Waals surface area contributed by atoms with Gasteiger partial charge in [-0.1, -0.05) is 20.8 Å². The van der Waals surface area contributed by atoms with Crippen LogP contribution >= 0.6 is 0 Å². The van der Waals surface area contributed by atoms with Crippen LogP contribution in [-0.4, -0.2) is 31.3 Å². The van der Waals surface area contributed by atoms with Gasteiger partial charge in [0.25, 0.3) is 5.91 Å². The Morgan fingerprint density at radius 3 is 2.76 bits per heavy atom. The van der Waals surface area contributed by atoms with Gasteiger partial charge in [0.2, 0.25) is 5.82 Å². The van der Waals surface area contributed by atoms with Crippen LogP contribution in [0.25, 0.3) is 10.9 Å². The van der Waals surface area contributed by atoms with Crippen LogP contribution in [0.2, 0.25) is 0 Å². The predicted octanol–water partition coefficient (Wildman–Crippen LogP) is 2.23. The van der Waals surface area contributed by atoms with Gasteiger partial charge in [0.1, 0.15) is 5.82 Å². The Balaban J connectivity index is 1.80. The summed E-state index contributed by atoms with van der Waals surface area (Å²) in [6.45, 7) is 6.00. The number of rotatable bonds is 2. The van der Waals surface area contributed by atoms with Gasteiger partial charge in [-0.2, -0.15) is 5.10 Å². The highest BCUT2D eigenvalue weighted by Crippen LogP contribution is 2.19. The van der Waals surface area contributed by atoms with Crippen molar-refractivity contribution in [1.29, 1.82) is 0 Å². The largest absolute Gasteiger partial charge is 0.319 e. The molecule has 0 unspecified atom stereocenters. The molecule has 3 rings (SSSR count). The first-order valence-electron chi connectivity index (χ1n) is 6.61. The summed E-state index contributed by atoms with van der Waals surface area (Å²) in [4.78, 5) is 16.4. The van der Waals surface area contributed by atoms with Gasteiger partial charge >= 0.3 is 0 Å². The minimum atomic E-state index is -0.347. The van der Waals surface area contributed by atoms with E-state index in [1.54, 1.807) is 6.20 Å². The number of nitrogens with one attached hydrogen (secondary N) is 3. The fourth-order valence-corrected chi connectivity index (χ4v) is 1.90. The fraction of sp³-hybridized carbons (Fsp3) is 0.286. The van der Waals surface area contributed by atoms with Crippen molar-refractivity contribution in [3.8, 4) is 0 Å². The molecule has 0 aliphatic heterocycles. The molecule has 0 saturated heterocycles. The number of nitrogens with zero attached hydrogens (tertiary/aromatic N) is 3. The zero-order valence-electron chi connectivity index (χ0n) is 12.1. The van der Waals surface area contributed by atoms with Crippen molar-refractivity contribution in [2.75, 3.05) is 5.32 Å². The van der Waals surface area contributed by atoms with E-state index in [0.29, 0.717) is 11.5 Å². The third kappa shape index (κ3) is 2.62. The molecule has 7 heteroatoms. The molecule has 7 nitrogen and oxygen atoms in total. The van der Waals surface area contributed by atoms with Crippen LogP contribution in [0, 0.1) is 0 Å². The monoisotopic (exact) mass is 284 g/mol. The van der Waals surface area contributed by atoms with E-state index in [1.807, 2.05) is 39.0 Å². The summed E-state index contributed by atoms with van der Waals surface area (Å²) in [5.74, 6) is 0.460. The van der Waals surface area contributed by atoms with E-state index >= 15 is 0 Å². The summed E-state index contributed by atoms with van der Waals surface area (Å²) in [7, 11) is 0. The first-order valence-corrected chi connectivity index (χ1v) is 6.61. The average molecular weight is 284 g/mol. The molecule has 0 saturated carbocycles. The highest BCUT2D eigenvalue weighted by molar-refractivity contribution is 6.02. The molecule has 3 aromatic rings. The van der Waals surface area contributed by atoms with Gasteiger partial charge in [0.05, 0.1) is 11.7 Å². The maximum atomic E-state index is 12.1. The van der Waals surface area contributed by atoms with Crippen LogP contribution in [0.5, 0.6) is 0 Å². The van der Waals surface area contributed by atoms with Crippen LogP contribution < -0.4 is 5.32 Å². The molecule has 0 spiro atoms. The molecule has 0 aliphatic carbocycles. The molecule has 2 heterocycles. The zero-order chi connectivity index (χ0) is 15.0. The van der Waals surface area contributed by atoms with Gasteiger partial charge < -0.3 is 5.32 Å². The molecule has 0 bridgehead atoms. The van der Waals surface area contributed by atoms with Gasteiger partial charge in [0.15, 0.2) is 0 Å². The number of H-pyrrole nitrogens is 2. The van der Waals surface area contributed by atoms with Crippen LogP contribution in [0.15, 0.2) is 24.4 Å². The van der Waals surface area contributed by atoms with E-state index in [-0.39, 0.29) is 17.1 Å². The molecule has 0 atom stereocenters. The molecule has 0 fully saturated rings. The van der Waals surface area contributed by atoms with Crippen molar-refractivity contribution in [1.82, 2.24) is 25.4 Å². The lowest BCUT2D eigenvalue weighted by atomic mass is 9.96. The summed E-state index contributed by atoms with van der Waals surface area (Å²) in [6, 6.07) is 5.51. The summed E-state index contributed by atoms with van der Waals surface area (Å²) in [6.07, 6.45) is 1.73. The summed E-state index contributed by atoms with van der Waals surface area (Å²) < 4.78 is 0. The topological polar surface area (TPSA) is 99.3 Å². The molecule has 1 amide bonds. The van der Waals surface area contributed by atoms with Crippen LogP contribution in [-0.2, 0) is 5.41 Å². The van der Waals surface area contributed by atoms with E-state index < -0.39 is 0 Å². The highest BCUT2D eigenvalue weighted by atomic mass is 16.2. The van der Waals surface area contributed by atoms with Crippen molar-refractivity contribution >= 4 is 22.5 Å². The number of aromatic nitrogens is 5. The number of carbonyl (C=O) groups is 1. The third-order valence-corrected chi connectivity index (χ3v) is 3.10. The molecular formula is C14H16N6O. The summed E-state index contributed by atoms with van der Waals surface area (Å²) in [5, 5.41) is 17.3. The molecule has 0 radical (unpaired) electrons. The Labute approximate surface area is 121 Å². The fourth-order valence-electron chi connectivity index (χ4n) is 1.90. The number of amides is 1. The summed E-state index contributed by atoms with van der Waals surface area (Å²) >= 11 is 0. The smallest absolute Gasteiger partial charge is 0.295 e. The minimum Gasteiger partial charge on any atom is -0.319 e. The lowest BCUT2D eigenvalue weighted by molar-refractivity contribution is 0.101. The summed E-state index contributed by atoms with van der Waals surface area (Å²) in [5.41, 5.74) is 1.34. The Morgan fingerprint density at radius 2 is 2.05 bits per heavy atom. The quantitative estimate of drug-likeness (QED) is 0.672. The van der Waals surface area contributed by atoms with E-state index in [0.717, 1.165) is 10.9 Å². The van der Waals surface area contributed by atoms with Crippen molar-refractivity contribution in [3.63, 3.8) is 0 Å². The van der Waals surface area contributed by atoms with E-state index in [1.165, 1.54) is 0 Å². The number of hydrogen-bond donors (Lipinski definition) is 3. The lowest BCUT2D eigenvalue weighted by Gasteiger charge is -2.12. The van der Waals surface area contributed by atoms with Gasteiger partial charge in [-0.05, 0) is 18.2 Å². The maximum Gasteiger partial charge on any atom is 0.295 e. The first kappa shape index (κ1) is 13.3. The Bertz CT molecular complexity index is 795. The number of carbonyl (C=O) groups excluding carboxylic acids is 1. The highest BCUT2D eigenvalue weighted by Gasteiger charge is 2.21. The number of aromatic amines is 2. The number of benzene rings is 1. The zero-order valence-corrected chi connectivity index (χ0v) is 12.1. The average Bonchev–Trinajstić information content (AvgIpc) is 3.06. The van der Waals surface area contributed by atoms with Crippen molar-refractivity contribution in [2.24, 2.45) is 0 Å². The molecule has 1 aromatic carbocycles. The molecule has 3 N–H and O–H groups in total. The molecule has 108 valence electrons. The molecule has 2 aromatic heterocycles. The first-order chi connectivity index (χ1) is 9.93. The second-order valence-corrected chi connectivity index (χ2v) is 5.88. The van der Waals surface area contributed by atoms with Gasteiger partial charge in [0, 0.05) is 16.5 Å². The molecule has 21 heavy (non-hydrogen) atoms. The van der Waals surface area contributed by atoms with Crippen LogP contribution in [0.1, 0.15) is 37.2 Å². The maximum absolute atomic E-state index is 12.1. The van der Waals surface area contributed by atoms with E-state index in [4.69, 9.17) is 0 Å². The predicted molar refractivity (Wildman–Crippen MR) is 79.1 cm³/mol. The third-order valence-electron chi connectivity index (χ3n) is 3.10. The Morgan fingerprint density at radius 1 is 1.24 bits per heavy atom.